The van der Waals surface area contributed by atoms with Crippen LogP contribution in [0.5, 0.6) is 0 Å². The predicted octanol–water partition coefficient (Wildman–Crippen LogP) is 7.03. The number of hydrogen-bond acceptors (Lipinski definition) is 9. The third-order valence-electron chi connectivity index (χ3n) is 7.77. The number of rotatable bonds is 11. The maximum absolute atomic E-state index is 13.0. The second-order valence-electron chi connectivity index (χ2n) is 11.1. The monoisotopic (exact) mass is 669 g/mol. The van der Waals surface area contributed by atoms with Crippen molar-refractivity contribution in [2.24, 2.45) is 0 Å². The van der Waals surface area contributed by atoms with Crippen LogP contribution in [-0.4, -0.2) is 47.1 Å². The van der Waals surface area contributed by atoms with Crippen LogP contribution in [-0.2, 0) is 32.0 Å². The molecule has 3 N–H and O–H groups in total. The quantitative estimate of drug-likeness (QED) is 0.101. The summed E-state index contributed by atoms with van der Waals surface area (Å²) in [6, 6.07) is 31.2. The van der Waals surface area contributed by atoms with Crippen LogP contribution in [0.25, 0.3) is 10.2 Å². The fourth-order valence-electron chi connectivity index (χ4n) is 5.37. The number of thioether (sulfide) groups is 1. The van der Waals surface area contributed by atoms with E-state index in [2.05, 4.69) is 16.7 Å². The molecule has 0 unspecified atom stereocenters. The molecule has 242 valence electrons. The smallest absolute Gasteiger partial charge is 0.328 e. The molecule has 5 aromatic rings. The highest BCUT2D eigenvalue weighted by molar-refractivity contribution is 8.01. The fourth-order valence-corrected chi connectivity index (χ4v) is 7.49. The molecule has 0 radical (unpaired) electrons. The lowest BCUT2D eigenvalue weighted by Gasteiger charge is -2.36. The number of amides is 2. The molecule has 2 amide bonds. The van der Waals surface area contributed by atoms with Gasteiger partial charge in [-0.05, 0) is 41.0 Å². The number of anilines is 1. The van der Waals surface area contributed by atoms with Gasteiger partial charge in [-0.3, -0.25) is 0 Å². The van der Waals surface area contributed by atoms with Gasteiger partial charge in [0.2, 0.25) is 0 Å². The SMILES string of the molecule is COC(=O)[C@H](Cc1ccccc1)NC(=O)Nc1cccc([C@H]2O[C@@H](CSc3nc4ccccc4s3)C[C@@H](c3ccc(CO)cc3)O2)c1. The van der Waals surface area contributed by atoms with Crippen LogP contribution in [0.15, 0.2) is 107 Å². The van der Waals surface area contributed by atoms with Crippen LogP contribution >= 0.6 is 23.1 Å². The number of esters is 1. The average Bonchev–Trinajstić information content (AvgIpc) is 3.54. The number of nitrogens with one attached hydrogen (secondary N) is 2. The summed E-state index contributed by atoms with van der Waals surface area (Å²) in [5.41, 5.74) is 4.96. The number of ether oxygens (including phenoxy) is 3. The number of aliphatic hydroxyl groups excluding tert-OH is 1. The Morgan fingerprint density at radius 3 is 2.51 bits per heavy atom. The van der Waals surface area contributed by atoms with Crippen molar-refractivity contribution in [3.63, 3.8) is 0 Å². The fraction of sp³-hybridized carbons (Fsp3) is 0.250. The van der Waals surface area contributed by atoms with Gasteiger partial charge >= 0.3 is 12.0 Å². The first-order chi connectivity index (χ1) is 23.0. The van der Waals surface area contributed by atoms with Crippen LogP contribution in [0, 0.1) is 0 Å². The number of carbonyl (C=O) groups excluding carboxylic acids is 2. The molecule has 2 heterocycles. The van der Waals surface area contributed by atoms with Gasteiger partial charge in [0, 0.05) is 29.8 Å². The van der Waals surface area contributed by atoms with E-state index in [0.29, 0.717) is 24.3 Å². The highest BCUT2D eigenvalue weighted by atomic mass is 32.2. The molecular formula is C36H35N3O6S2. The van der Waals surface area contributed by atoms with E-state index in [9.17, 15) is 14.7 Å². The van der Waals surface area contributed by atoms with Crippen LogP contribution in [0.4, 0.5) is 10.5 Å². The first kappa shape index (κ1) is 32.7. The van der Waals surface area contributed by atoms with E-state index in [-0.39, 0.29) is 18.8 Å². The molecule has 4 atom stereocenters. The molecule has 1 aromatic heterocycles. The van der Waals surface area contributed by atoms with Gasteiger partial charge < -0.3 is 30.0 Å². The molecule has 0 spiro atoms. The summed E-state index contributed by atoms with van der Waals surface area (Å²) in [6.45, 7) is -0.0288. The Morgan fingerprint density at radius 1 is 0.957 bits per heavy atom. The third-order valence-corrected chi connectivity index (χ3v) is 10.1. The summed E-state index contributed by atoms with van der Waals surface area (Å²) in [4.78, 5) is 30.2. The van der Waals surface area contributed by atoms with E-state index in [1.807, 2.05) is 91.0 Å². The average molecular weight is 670 g/mol. The number of benzene rings is 4. The van der Waals surface area contributed by atoms with Crippen molar-refractivity contribution in [3.8, 4) is 0 Å². The molecule has 1 aliphatic heterocycles. The number of urea groups is 1. The van der Waals surface area contributed by atoms with Gasteiger partial charge in [-0.1, -0.05) is 90.6 Å². The van der Waals surface area contributed by atoms with Crippen molar-refractivity contribution in [2.75, 3.05) is 18.2 Å². The molecule has 1 fully saturated rings. The molecule has 9 nitrogen and oxygen atoms in total. The summed E-state index contributed by atoms with van der Waals surface area (Å²) in [6.07, 6.45) is -0.156. The van der Waals surface area contributed by atoms with Gasteiger partial charge in [-0.25, -0.2) is 14.6 Å². The minimum absolute atomic E-state index is 0.0288. The van der Waals surface area contributed by atoms with Crippen LogP contribution in [0.3, 0.4) is 0 Å². The Hall–Kier alpha value is -4.26. The van der Waals surface area contributed by atoms with Crippen molar-refractivity contribution in [1.82, 2.24) is 10.3 Å². The molecule has 4 aromatic carbocycles. The van der Waals surface area contributed by atoms with E-state index in [1.54, 1.807) is 29.2 Å². The van der Waals surface area contributed by atoms with Gasteiger partial charge in [-0.15, -0.1) is 11.3 Å². The van der Waals surface area contributed by atoms with Crippen molar-refractivity contribution >= 4 is 51.0 Å². The zero-order chi connectivity index (χ0) is 32.6. The number of aliphatic hydroxyl groups is 1. The number of thiazole rings is 1. The van der Waals surface area contributed by atoms with E-state index < -0.39 is 24.3 Å². The Bertz CT molecular complexity index is 1770. The van der Waals surface area contributed by atoms with Gasteiger partial charge in [0.25, 0.3) is 0 Å². The summed E-state index contributed by atoms with van der Waals surface area (Å²) < 4.78 is 20.1. The highest BCUT2D eigenvalue weighted by Gasteiger charge is 2.33. The highest BCUT2D eigenvalue weighted by Crippen LogP contribution is 2.40. The first-order valence-electron chi connectivity index (χ1n) is 15.3. The molecule has 6 rings (SSSR count). The van der Waals surface area contributed by atoms with Gasteiger partial charge in [0.1, 0.15) is 6.04 Å². The molecule has 0 aliphatic carbocycles. The van der Waals surface area contributed by atoms with Crippen molar-refractivity contribution in [2.45, 2.75) is 48.3 Å². The number of carbonyl (C=O) groups is 2. The first-order valence-corrected chi connectivity index (χ1v) is 17.1. The van der Waals surface area contributed by atoms with Crippen molar-refractivity contribution < 1.29 is 28.9 Å². The van der Waals surface area contributed by atoms with E-state index in [4.69, 9.17) is 19.2 Å². The van der Waals surface area contributed by atoms with Crippen LogP contribution in [0.2, 0.25) is 0 Å². The van der Waals surface area contributed by atoms with Crippen LogP contribution in [0.1, 0.15) is 41.1 Å². The third kappa shape index (κ3) is 8.56. The Morgan fingerprint density at radius 2 is 1.74 bits per heavy atom. The lowest BCUT2D eigenvalue weighted by Crippen LogP contribution is -2.45. The summed E-state index contributed by atoms with van der Waals surface area (Å²) in [5.74, 6) is 0.149. The normalized spacial score (nSPS) is 18.4. The number of para-hydroxylation sites is 1. The number of aromatic nitrogens is 1. The Kier molecular flexibility index (Phi) is 10.8. The van der Waals surface area contributed by atoms with Gasteiger partial charge in [0.05, 0.1) is 36.1 Å². The minimum atomic E-state index is -0.859. The predicted molar refractivity (Wildman–Crippen MR) is 183 cm³/mol. The summed E-state index contributed by atoms with van der Waals surface area (Å²) in [5, 5.41) is 15.1. The second kappa shape index (κ2) is 15.6. The Balaban J connectivity index is 1.16. The minimum Gasteiger partial charge on any atom is -0.467 e. The van der Waals surface area contributed by atoms with E-state index >= 15 is 0 Å². The van der Waals surface area contributed by atoms with Crippen LogP contribution < -0.4 is 10.6 Å². The molecule has 47 heavy (non-hydrogen) atoms. The Labute approximate surface area is 281 Å². The van der Waals surface area contributed by atoms with E-state index in [1.165, 1.54) is 7.11 Å². The number of hydrogen-bond donors (Lipinski definition) is 3. The zero-order valence-corrected chi connectivity index (χ0v) is 27.3. The molecule has 11 heteroatoms. The second-order valence-corrected chi connectivity index (χ2v) is 13.4. The standard InChI is InChI=1S/C36H35N3O6S2/c1-43-33(41)30(18-23-8-3-2-4-9-23)38-35(42)37-27-11-7-10-26(19-27)34-44-28(20-31(45-34)25-16-14-24(21-40)15-17-25)22-46-36-39-29-12-5-6-13-32(29)47-36/h2-17,19,28,30-31,34,40H,18,20-22H2,1H3,(H2,37,38,42)/t28-,30+,31+,34+/m1/s1. The maximum Gasteiger partial charge on any atom is 0.328 e. The van der Waals surface area contributed by atoms with Gasteiger partial charge in [0.15, 0.2) is 10.6 Å². The maximum atomic E-state index is 13.0. The molecule has 0 saturated carbocycles. The zero-order valence-electron chi connectivity index (χ0n) is 25.7. The number of methoxy groups -OCH3 is 1. The van der Waals surface area contributed by atoms with Crippen molar-refractivity contribution in [1.29, 1.82) is 0 Å². The topological polar surface area (TPSA) is 119 Å². The molecular weight excluding hydrogens is 635 g/mol. The number of nitrogens with zero attached hydrogens (tertiary/aromatic N) is 1. The van der Waals surface area contributed by atoms with Gasteiger partial charge in [-0.2, -0.15) is 0 Å². The molecule has 0 bridgehead atoms. The largest absolute Gasteiger partial charge is 0.467 e. The summed E-state index contributed by atoms with van der Waals surface area (Å²) in [7, 11) is 1.30. The molecule has 1 aliphatic rings. The van der Waals surface area contributed by atoms with Crippen molar-refractivity contribution in [3.05, 3.63) is 125 Å². The lowest BCUT2D eigenvalue weighted by atomic mass is 10.0. The molecule has 1 saturated heterocycles. The lowest BCUT2D eigenvalue weighted by molar-refractivity contribution is -0.245. The summed E-state index contributed by atoms with van der Waals surface area (Å²) >= 11 is 3.33. The van der Waals surface area contributed by atoms with E-state index in [0.717, 1.165) is 36.8 Å². The number of fused-ring (bicyclic) bond motifs is 1.